The third-order valence-electron chi connectivity index (χ3n) is 2.15. The van der Waals surface area contributed by atoms with Crippen LogP contribution in [0.15, 0.2) is 40.0 Å². The Bertz CT molecular complexity index is 498. The minimum absolute atomic E-state index is 0.0603. The van der Waals surface area contributed by atoms with E-state index in [4.69, 9.17) is 14.9 Å². The van der Waals surface area contributed by atoms with Crippen LogP contribution in [0.4, 0.5) is 5.69 Å². The standard InChI is InChI=1S/C13H16N2O2S/c1-9(2)17-13-11(14)5-6-12(15-13)18-8-10-4-3-7-16-10/h3-7,9H,8,14H2,1-2H3. The molecular formula is C13H16N2O2S. The molecule has 0 atom stereocenters. The molecule has 0 saturated carbocycles. The molecule has 0 aliphatic rings. The predicted molar refractivity (Wildman–Crippen MR) is 72.7 cm³/mol. The summed E-state index contributed by atoms with van der Waals surface area (Å²) in [5, 5.41) is 0.872. The van der Waals surface area contributed by atoms with Gasteiger partial charge in [-0.05, 0) is 38.1 Å². The second kappa shape index (κ2) is 5.82. The van der Waals surface area contributed by atoms with Crippen molar-refractivity contribution in [2.24, 2.45) is 0 Å². The number of hydrogen-bond acceptors (Lipinski definition) is 5. The molecule has 2 aromatic rings. The smallest absolute Gasteiger partial charge is 0.238 e. The van der Waals surface area contributed by atoms with Crippen LogP contribution in [-0.4, -0.2) is 11.1 Å². The van der Waals surface area contributed by atoms with Gasteiger partial charge in [-0.3, -0.25) is 0 Å². The number of anilines is 1. The maximum atomic E-state index is 5.81. The molecule has 4 nitrogen and oxygen atoms in total. The van der Waals surface area contributed by atoms with Crippen LogP contribution in [0.3, 0.4) is 0 Å². The number of furan rings is 1. The number of aromatic nitrogens is 1. The fourth-order valence-corrected chi connectivity index (χ4v) is 2.14. The van der Waals surface area contributed by atoms with Crippen LogP contribution in [0, 0.1) is 0 Å². The molecule has 2 rings (SSSR count). The molecule has 2 heterocycles. The van der Waals surface area contributed by atoms with Crippen molar-refractivity contribution in [1.82, 2.24) is 4.98 Å². The number of thioether (sulfide) groups is 1. The summed E-state index contributed by atoms with van der Waals surface area (Å²) in [5.74, 6) is 2.16. The average molecular weight is 264 g/mol. The number of nitrogens with two attached hydrogens (primary N) is 1. The highest BCUT2D eigenvalue weighted by atomic mass is 32.2. The predicted octanol–water partition coefficient (Wildman–Crippen LogP) is 3.34. The molecule has 2 N–H and O–H groups in total. The maximum Gasteiger partial charge on any atom is 0.238 e. The van der Waals surface area contributed by atoms with Crippen molar-refractivity contribution in [3.8, 4) is 5.88 Å². The summed E-state index contributed by atoms with van der Waals surface area (Å²) in [6.07, 6.45) is 1.73. The van der Waals surface area contributed by atoms with E-state index in [1.807, 2.05) is 38.1 Å². The lowest BCUT2D eigenvalue weighted by molar-refractivity contribution is 0.232. The highest BCUT2D eigenvalue weighted by Gasteiger charge is 2.07. The van der Waals surface area contributed by atoms with E-state index in [2.05, 4.69) is 4.98 Å². The third kappa shape index (κ3) is 3.43. The van der Waals surface area contributed by atoms with Gasteiger partial charge in [-0.1, -0.05) is 11.8 Å². The zero-order valence-electron chi connectivity index (χ0n) is 10.4. The molecule has 0 radical (unpaired) electrons. The molecule has 2 aromatic heterocycles. The van der Waals surface area contributed by atoms with Gasteiger partial charge in [0.1, 0.15) is 10.8 Å². The van der Waals surface area contributed by atoms with Gasteiger partial charge < -0.3 is 14.9 Å². The molecule has 0 unspecified atom stereocenters. The van der Waals surface area contributed by atoms with Gasteiger partial charge in [0, 0.05) is 0 Å². The van der Waals surface area contributed by atoms with Crippen LogP contribution >= 0.6 is 11.8 Å². The van der Waals surface area contributed by atoms with Crippen molar-refractivity contribution in [2.45, 2.75) is 30.7 Å². The van der Waals surface area contributed by atoms with Gasteiger partial charge in [0.25, 0.3) is 0 Å². The number of rotatable bonds is 5. The third-order valence-corrected chi connectivity index (χ3v) is 3.11. The van der Waals surface area contributed by atoms with E-state index in [1.54, 1.807) is 18.0 Å². The Kier molecular flexibility index (Phi) is 4.15. The van der Waals surface area contributed by atoms with E-state index in [1.165, 1.54) is 0 Å². The molecule has 0 amide bonds. The number of nitrogens with zero attached hydrogens (tertiary/aromatic N) is 1. The molecule has 18 heavy (non-hydrogen) atoms. The fraction of sp³-hybridized carbons (Fsp3) is 0.308. The monoisotopic (exact) mass is 264 g/mol. The van der Waals surface area contributed by atoms with Crippen molar-refractivity contribution < 1.29 is 9.15 Å². The molecular weight excluding hydrogens is 248 g/mol. The first kappa shape index (κ1) is 12.8. The first-order chi connectivity index (χ1) is 8.65. The lowest BCUT2D eigenvalue weighted by Crippen LogP contribution is -2.09. The van der Waals surface area contributed by atoms with Gasteiger partial charge in [-0.25, -0.2) is 4.98 Å². The molecule has 0 bridgehead atoms. The second-order valence-corrected chi connectivity index (χ2v) is 5.07. The summed E-state index contributed by atoms with van der Waals surface area (Å²) in [6.45, 7) is 3.90. The zero-order chi connectivity index (χ0) is 13.0. The van der Waals surface area contributed by atoms with E-state index < -0.39 is 0 Å². The minimum atomic E-state index is 0.0603. The molecule has 0 aliphatic heterocycles. The van der Waals surface area contributed by atoms with Gasteiger partial charge in [0.05, 0.1) is 23.8 Å². The van der Waals surface area contributed by atoms with E-state index in [9.17, 15) is 0 Å². The summed E-state index contributed by atoms with van der Waals surface area (Å²) in [4.78, 5) is 4.39. The Morgan fingerprint density at radius 3 is 2.89 bits per heavy atom. The van der Waals surface area contributed by atoms with Gasteiger partial charge in [0.15, 0.2) is 0 Å². The molecule has 5 heteroatoms. The Labute approximate surface area is 111 Å². The topological polar surface area (TPSA) is 61.3 Å². The lowest BCUT2D eigenvalue weighted by Gasteiger charge is -2.11. The zero-order valence-corrected chi connectivity index (χ0v) is 11.2. The van der Waals surface area contributed by atoms with Crippen molar-refractivity contribution in [3.05, 3.63) is 36.3 Å². The molecule has 0 spiro atoms. The van der Waals surface area contributed by atoms with Crippen molar-refractivity contribution in [2.75, 3.05) is 5.73 Å². The first-order valence-corrected chi connectivity index (χ1v) is 6.72. The molecule has 0 aliphatic carbocycles. The number of ether oxygens (including phenoxy) is 1. The van der Waals surface area contributed by atoms with Gasteiger partial charge in [-0.2, -0.15) is 0 Å². The first-order valence-electron chi connectivity index (χ1n) is 5.73. The van der Waals surface area contributed by atoms with Crippen molar-refractivity contribution >= 4 is 17.4 Å². The summed E-state index contributed by atoms with van der Waals surface area (Å²) in [7, 11) is 0. The Balaban J connectivity index is 2.04. The van der Waals surface area contributed by atoms with Gasteiger partial charge in [-0.15, -0.1) is 0 Å². The normalized spacial score (nSPS) is 10.8. The summed E-state index contributed by atoms with van der Waals surface area (Å²) in [6, 6.07) is 7.51. The fourth-order valence-electron chi connectivity index (χ4n) is 1.37. The second-order valence-electron chi connectivity index (χ2n) is 4.08. The summed E-state index contributed by atoms with van der Waals surface area (Å²) >= 11 is 1.59. The molecule has 0 aromatic carbocycles. The van der Waals surface area contributed by atoms with Crippen LogP contribution in [0.2, 0.25) is 0 Å². The van der Waals surface area contributed by atoms with Crippen LogP contribution in [0.5, 0.6) is 5.88 Å². The van der Waals surface area contributed by atoms with E-state index in [0.29, 0.717) is 11.6 Å². The molecule has 0 saturated heterocycles. The summed E-state index contributed by atoms with van der Waals surface area (Å²) in [5.41, 5.74) is 6.37. The van der Waals surface area contributed by atoms with Gasteiger partial charge in [0.2, 0.25) is 5.88 Å². The molecule has 0 fully saturated rings. The van der Waals surface area contributed by atoms with Gasteiger partial charge >= 0.3 is 0 Å². The maximum absolute atomic E-state index is 5.81. The minimum Gasteiger partial charge on any atom is -0.473 e. The number of pyridine rings is 1. The quantitative estimate of drug-likeness (QED) is 0.839. The Morgan fingerprint density at radius 2 is 2.22 bits per heavy atom. The lowest BCUT2D eigenvalue weighted by atomic mass is 10.4. The number of hydrogen-bond donors (Lipinski definition) is 1. The van der Waals surface area contributed by atoms with E-state index in [-0.39, 0.29) is 6.10 Å². The largest absolute Gasteiger partial charge is 0.473 e. The SMILES string of the molecule is CC(C)Oc1nc(SCc2ccco2)ccc1N. The van der Waals surface area contributed by atoms with Crippen molar-refractivity contribution in [1.29, 1.82) is 0 Å². The van der Waals surface area contributed by atoms with Crippen LogP contribution < -0.4 is 10.5 Å². The van der Waals surface area contributed by atoms with E-state index >= 15 is 0 Å². The van der Waals surface area contributed by atoms with Crippen LogP contribution in [0.25, 0.3) is 0 Å². The number of nitrogen functional groups attached to an aromatic ring is 1. The van der Waals surface area contributed by atoms with Crippen LogP contribution in [-0.2, 0) is 5.75 Å². The Morgan fingerprint density at radius 1 is 1.39 bits per heavy atom. The summed E-state index contributed by atoms with van der Waals surface area (Å²) < 4.78 is 10.8. The highest BCUT2D eigenvalue weighted by Crippen LogP contribution is 2.27. The van der Waals surface area contributed by atoms with Crippen LogP contribution in [0.1, 0.15) is 19.6 Å². The molecule has 96 valence electrons. The Hall–Kier alpha value is -1.62. The van der Waals surface area contributed by atoms with Crippen molar-refractivity contribution in [3.63, 3.8) is 0 Å². The average Bonchev–Trinajstić information content (AvgIpc) is 2.82. The van der Waals surface area contributed by atoms with E-state index in [0.717, 1.165) is 16.5 Å². The highest BCUT2D eigenvalue weighted by molar-refractivity contribution is 7.98.